The molecule has 6 aromatic carbocycles. The van der Waals surface area contributed by atoms with E-state index in [1.54, 1.807) is 0 Å². The standard InChI is InChI=1S/C36H27Cl/c1-3-22-16-17-23(4-2)32-31(22)33(25-10-6-5-7-11-25)35-28-14-8-12-24-13-9-15-29(30(24)28)36(35)34(32)26-18-20-27(37)21-19-26/h5-21H,3-4H2,1-2H3. The van der Waals surface area contributed by atoms with Gasteiger partial charge in [-0.1, -0.05) is 116 Å². The van der Waals surface area contributed by atoms with Crippen LogP contribution in [0.1, 0.15) is 25.0 Å². The van der Waals surface area contributed by atoms with Gasteiger partial charge in [-0.2, -0.15) is 0 Å². The highest BCUT2D eigenvalue weighted by atomic mass is 35.5. The van der Waals surface area contributed by atoms with Crippen molar-refractivity contribution in [1.29, 1.82) is 0 Å². The third-order valence-corrected chi connectivity index (χ3v) is 8.28. The summed E-state index contributed by atoms with van der Waals surface area (Å²) in [4.78, 5) is 0. The fraction of sp³-hybridized carbons (Fsp3) is 0.111. The van der Waals surface area contributed by atoms with Crippen LogP contribution in [0.15, 0.2) is 103 Å². The quantitative estimate of drug-likeness (QED) is 0.228. The van der Waals surface area contributed by atoms with Gasteiger partial charge in [-0.05, 0) is 102 Å². The molecule has 0 aliphatic heterocycles. The Morgan fingerprint density at radius 3 is 1.49 bits per heavy atom. The molecule has 0 nitrogen and oxygen atoms in total. The minimum Gasteiger partial charge on any atom is -0.0843 e. The van der Waals surface area contributed by atoms with Gasteiger partial charge in [-0.3, -0.25) is 0 Å². The smallest absolute Gasteiger partial charge is 0.0406 e. The summed E-state index contributed by atoms with van der Waals surface area (Å²) in [6, 6.07) is 37.7. The Morgan fingerprint density at radius 2 is 0.973 bits per heavy atom. The molecule has 1 aliphatic rings. The van der Waals surface area contributed by atoms with Gasteiger partial charge in [0, 0.05) is 5.02 Å². The lowest BCUT2D eigenvalue weighted by atomic mass is 9.79. The third-order valence-electron chi connectivity index (χ3n) is 8.03. The second-order valence-corrected chi connectivity index (χ2v) is 10.4. The van der Waals surface area contributed by atoms with Gasteiger partial charge in [0.15, 0.2) is 0 Å². The lowest BCUT2D eigenvalue weighted by molar-refractivity contribution is 1.13. The molecule has 0 fully saturated rings. The lowest BCUT2D eigenvalue weighted by Gasteiger charge is -2.24. The average Bonchev–Trinajstić information content (AvgIpc) is 3.28. The van der Waals surface area contributed by atoms with Gasteiger partial charge in [-0.15, -0.1) is 0 Å². The summed E-state index contributed by atoms with van der Waals surface area (Å²) in [5.74, 6) is 0. The summed E-state index contributed by atoms with van der Waals surface area (Å²) in [5.41, 5.74) is 13.3. The van der Waals surface area contributed by atoms with Gasteiger partial charge in [-0.25, -0.2) is 0 Å². The zero-order chi connectivity index (χ0) is 25.1. The summed E-state index contributed by atoms with van der Waals surface area (Å²) in [7, 11) is 0. The maximum absolute atomic E-state index is 6.38. The third kappa shape index (κ3) is 3.22. The Morgan fingerprint density at radius 1 is 0.459 bits per heavy atom. The normalized spacial score (nSPS) is 11.9. The Hall–Kier alpha value is -3.87. The highest BCUT2D eigenvalue weighted by Gasteiger charge is 2.31. The van der Waals surface area contributed by atoms with E-state index in [0.29, 0.717) is 0 Å². The second kappa shape index (κ2) is 8.61. The van der Waals surface area contributed by atoms with Crippen LogP contribution in [0.2, 0.25) is 5.02 Å². The van der Waals surface area contributed by atoms with Gasteiger partial charge < -0.3 is 0 Å². The number of hydrogen-bond acceptors (Lipinski definition) is 0. The van der Waals surface area contributed by atoms with Crippen molar-refractivity contribution in [2.75, 3.05) is 0 Å². The number of rotatable bonds is 4. The predicted octanol–water partition coefficient (Wildman–Crippen LogP) is 10.8. The van der Waals surface area contributed by atoms with E-state index in [-0.39, 0.29) is 0 Å². The minimum atomic E-state index is 0.765. The summed E-state index contributed by atoms with van der Waals surface area (Å²) < 4.78 is 0. The molecule has 0 spiro atoms. The van der Waals surface area contributed by atoms with Crippen LogP contribution in [0.4, 0.5) is 0 Å². The first-order valence-corrected chi connectivity index (χ1v) is 13.6. The molecule has 0 heterocycles. The van der Waals surface area contributed by atoms with E-state index in [1.165, 1.54) is 77.2 Å². The molecule has 0 radical (unpaired) electrons. The number of halogens is 1. The Balaban J connectivity index is 1.81. The van der Waals surface area contributed by atoms with E-state index in [9.17, 15) is 0 Å². The molecule has 0 N–H and O–H groups in total. The molecular weight excluding hydrogens is 468 g/mol. The molecule has 0 bridgehead atoms. The van der Waals surface area contributed by atoms with E-state index >= 15 is 0 Å². The molecule has 0 aromatic heterocycles. The van der Waals surface area contributed by atoms with Gasteiger partial charge in [0.05, 0.1) is 0 Å². The van der Waals surface area contributed by atoms with Crippen LogP contribution in [0, 0.1) is 0 Å². The maximum Gasteiger partial charge on any atom is 0.0406 e. The molecule has 0 amide bonds. The van der Waals surface area contributed by atoms with Crippen molar-refractivity contribution in [3.8, 4) is 44.5 Å². The van der Waals surface area contributed by atoms with Gasteiger partial charge in [0.1, 0.15) is 0 Å². The van der Waals surface area contributed by atoms with Crippen LogP contribution in [-0.2, 0) is 12.8 Å². The predicted molar refractivity (Wildman–Crippen MR) is 161 cm³/mol. The molecule has 6 aromatic rings. The molecule has 1 heteroatoms. The first-order chi connectivity index (χ1) is 18.2. The van der Waals surface area contributed by atoms with Crippen molar-refractivity contribution in [2.24, 2.45) is 0 Å². The minimum absolute atomic E-state index is 0.765. The highest BCUT2D eigenvalue weighted by molar-refractivity contribution is 6.31. The summed E-state index contributed by atoms with van der Waals surface area (Å²) in [6.45, 7) is 4.55. The molecule has 0 atom stereocenters. The summed E-state index contributed by atoms with van der Waals surface area (Å²) in [6.07, 6.45) is 1.96. The van der Waals surface area contributed by atoms with Gasteiger partial charge in [0.25, 0.3) is 0 Å². The first-order valence-electron chi connectivity index (χ1n) is 13.2. The zero-order valence-corrected chi connectivity index (χ0v) is 21.9. The van der Waals surface area contributed by atoms with E-state index in [4.69, 9.17) is 11.6 Å². The Bertz CT molecular complexity index is 1820. The van der Waals surface area contributed by atoms with Crippen LogP contribution in [-0.4, -0.2) is 0 Å². The lowest BCUT2D eigenvalue weighted by Crippen LogP contribution is -1.99. The molecule has 0 saturated carbocycles. The molecule has 1 aliphatic carbocycles. The Kier molecular flexibility index (Phi) is 5.20. The van der Waals surface area contributed by atoms with Crippen molar-refractivity contribution in [2.45, 2.75) is 26.7 Å². The molecular formula is C36H27Cl. The van der Waals surface area contributed by atoms with E-state index in [0.717, 1.165) is 17.9 Å². The van der Waals surface area contributed by atoms with Gasteiger partial charge in [0.2, 0.25) is 0 Å². The molecule has 178 valence electrons. The van der Waals surface area contributed by atoms with E-state index < -0.39 is 0 Å². The number of aryl methyl sites for hydroxylation is 2. The van der Waals surface area contributed by atoms with Crippen molar-refractivity contribution >= 4 is 33.1 Å². The maximum atomic E-state index is 6.38. The van der Waals surface area contributed by atoms with Crippen LogP contribution in [0.25, 0.3) is 66.1 Å². The highest BCUT2D eigenvalue weighted by Crippen LogP contribution is 2.58. The Labute approximate surface area is 223 Å². The second-order valence-electron chi connectivity index (χ2n) is 9.92. The molecule has 0 saturated heterocycles. The summed E-state index contributed by atoms with van der Waals surface area (Å²) >= 11 is 6.38. The SMILES string of the molecule is CCc1ccc(CC)c2c(-c3ccc(Cl)cc3)c3c(c(-c4ccccc4)c12)-c1cccc2cccc-3c12. The van der Waals surface area contributed by atoms with Crippen LogP contribution in [0.5, 0.6) is 0 Å². The number of benzene rings is 6. The first kappa shape index (κ1) is 22.3. The molecule has 37 heavy (non-hydrogen) atoms. The topological polar surface area (TPSA) is 0 Å². The van der Waals surface area contributed by atoms with E-state index in [2.05, 4.69) is 105 Å². The summed E-state index contributed by atoms with van der Waals surface area (Å²) in [5, 5.41) is 6.19. The van der Waals surface area contributed by atoms with Crippen molar-refractivity contribution < 1.29 is 0 Å². The van der Waals surface area contributed by atoms with Crippen LogP contribution >= 0.6 is 11.6 Å². The fourth-order valence-electron chi connectivity index (χ4n) is 6.44. The molecule has 0 unspecified atom stereocenters. The average molecular weight is 495 g/mol. The van der Waals surface area contributed by atoms with Gasteiger partial charge >= 0.3 is 0 Å². The van der Waals surface area contributed by atoms with E-state index in [1.807, 2.05) is 12.1 Å². The van der Waals surface area contributed by atoms with Crippen molar-refractivity contribution in [3.63, 3.8) is 0 Å². The van der Waals surface area contributed by atoms with Crippen LogP contribution < -0.4 is 0 Å². The monoisotopic (exact) mass is 494 g/mol. The van der Waals surface area contributed by atoms with Crippen molar-refractivity contribution in [1.82, 2.24) is 0 Å². The zero-order valence-electron chi connectivity index (χ0n) is 21.1. The molecule has 7 rings (SSSR count). The van der Waals surface area contributed by atoms with Crippen molar-refractivity contribution in [3.05, 3.63) is 119 Å². The number of fused-ring (bicyclic) bond motifs is 4. The fourth-order valence-corrected chi connectivity index (χ4v) is 6.57. The number of hydrogen-bond donors (Lipinski definition) is 0. The van der Waals surface area contributed by atoms with Crippen LogP contribution in [0.3, 0.4) is 0 Å². The largest absolute Gasteiger partial charge is 0.0843 e.